The minimum Gasteiger partial charge on any atom is -0.488 e. The quantitative estimate of drug-likeness (QED) is 0.424. The molecule has 0 heterocycles. The Hall–Kier alpha value is -3.18. The molecule has 0 aliphatic rings. The van der Waals surface area contributed by atoms with Crippen molar-refractivity contribution in [3.05, 3.63) is 89.7 Å². The van der Waals surface area contributed by atoms with Crippen LogP contribution in [-0.4, -0.2) is 5.91 Å². The van der Waals surface area contributed by atoms with Gasteiger partial charge in [0.05, 0.1) is 0 Å². The van der Waals surface area contributed by atoms with Gasteiger partial charge >= 0.3 is 0 Å². The molecule has 0 aromatic heterocycles. The van der Waals surface area contributed by atoms with Crippen molar-refractivity contribution in [3.8, 4) is 16.9 Å². The number of benzene rings is 3. The number of carbonyl (C=O) groups is 1. The van der Waals surface area contributed by atoms with Crippen LogP contribution in [0.25, 0.3) is 11.1 Å². The summed E-state index contributed by atoms with van der Waals surface area (Å²) >= 11 is 0. The standard InChI is InChI=1S/C20H17FN2O2/c21-17-11-5-14(6-12-17)13-25-19-4-2-1-3-18(19)15-7-9-16(10-8-15)20(24)23-22/h1-12H,13,22H2,(H,23,24). The van der Waals surface area contributed by atoms with Crippen LogP contribution in [-0.2, 0) is 6.61 Å². The van der Waals surface area contributed by atoms with E-state index < -0.39 is 0 Å². The lowest BCUT2D eigenvalue weighted by Gasteiger charge is -2.12. The number of hydrogen-bond donors (Lipinski definition) is 2. The topological polar surface area (TPSA) is 64.3 Å². The number of rotatable bonds is 5. The first kappa shape index (κ1) is 16.7. The van der Waals surface area contributed by atoms with Gasteiger partial charge in [-0.05, 0) is 41.5 Å². The smallest absolute Gasteiger partial charge is 0.265 e. The summed E-state index contributed by atoms with van der Waals surface area (Å²) in [5, 5.41) is 0. The molecule has 0 radical (unpaired) electrons. The number of amides is 1. The van der Waals surface area contributed by atoms with Gasteiger partial charge in [0.15, 0.2) is 0 Å². The molecule has 0 aliphatic carbocycles. The van der Waals surface area contributed by atoms with Crippen LogP contribution in [0.15, 0.2) is 72.8 Å². The molecule has 5 heteroatoms. The van der Waals surface area contributed by atoms with Crippen molar-refractivity contribution >= 4 is 5.91 Å². The molecule has 3 aromatic carbocycles. The predicted octanol–water partition coefficient (Wildman–Crippen LogP) is 3.68. The summed E-state index contributed by atoms with van der Waals surface area (Å²) in [5.41, 5.74) is 5.29. The SMILES string of the molecule is NNC(=O)c1ccc(-c2ccccc2OCc2ccc(F)cc2)cc1. The molecule has 0 bridgehead atoms. The summed E-state index contributed by atoms with van der Waals surface area (Å²) in [6.45, 7) is 0.338. The van der Waals surface area contributed by atoms with Crippen molar-refractivity contribution in [1.29, 1.82) is 0 Å². The van der Waals surface area contributed by atoms with E-state index in [4.69, 9.17) is 10.6 Å². The molecule has 0 saturated carbocycles. The first-order valence-corrected chi connectivity index (χ1v) is 7.75. The molecule has 0 spiro atoms. The van der Waals surface area contributed by atoms with Crippen molar-refractivity contribution in [2.45, 2.75) is 6.61 Å². The molecule has 4 nitrogen and oxygen atoms in total. The molecule has 0 fully saturated rings. The van der Waals surface area contributed by atoms with Crippen LogP contribution in [0.5, 0.6) is 5.75 Å². The Kier molecular flexibility index (Phi) is 5.06. The van der Waals surface area contributed by atoms with Crippen LogP contribution < -0.4 is 16.0 Å². The summed E-state index contributed by atoms with van der Waals surface area (Å²) in [6, 6.07) is 20.9. The Morgan fingerprint density at radius 1 is 0.960 bits per heavy atom. The lowest BCUT2D eigenvalue weighted by Crippen LogP contribution is -2.29. The van der Waals surface area contributed by atoms with E-state index in [-0.39, 0.29) is 11.7 Å². The number of para-hydroxylation sites is 1. The Morgan fingerprint density at radius 2 is 1.64 bits per heavy atom. The fraction of sp³-hybridized carbons (Fsp3) is 0.0500. The second kappa shape index (κ2) is 7.59. The highest BCUT2D eigenvalue weighted by Crippen LogP contribution is 2.30. The average molecular weight is 336 g/mol. The van der Waals surface area contributed by atoms with Crippen LogP contribution >= 0.6 is 0 Å². The van der Waals surface area contributed by atoms with Crippen molar-refractivity contribution in [2.24, 2.45) is 5.84 Å². The highest BCUT2D eigenvalue weighted by atomic mass is 19.1. The number of hydrogen-bond acceptors (Lipinski definition) is 3. The van der Waals surface area contributed by atoms with Crippen LogP contribution in [0.1, 0.15) is 15.9 Å². The minimum atomic E-state index is -0.340. The summed E-state index contributed by atoms with van der Waals surface area (Å²) < 4.78 is 18.9. The molecular formula is C20H17FN2O2. The minimum absolute atomic E-state index is 0.272. The van der Waals surface area contributed by atoms with E-state index >= 15 is 0 Å². The maximum absolute atomic E-state index is 13.0. The number of ether oxygens (including phenoxy) is 1. The second-order valence-electron chi connectivity index (χ2n) is 5.46. The zero-order chi connectivity index (χ0) is 17.6. The molecule has 0 aliphatic heterocycles. The molecule has 126 valence electrons. The molecule has 3 rings (SSSR count). The zero-order valence-corrected chi connectivity index (χ0v) is 13.4. The molecule has 3 N–H and O–H groups in total. The first-order valence-electron chi connectivity index (χ1n) is 7.75. The molecule has 0 unspecified atom stereocenters. The van der Waals surface area contributed by atoms with Gasteiger partial charge in [-0.3, -0.25) is 10.2 Å². The van der Waals surface area contributed by atoms with Crippen LogP contribution in [0.4, 0.5) is 4.39 Å². The second-order valence-corrected chi connectivity index (χ2v) is 5.46. The van der Waals surface area contributed by atoms with Crippen molar-refractivity contribution in [1.82, 2.24) is 5.43 Å². The van der Waals surface area contributed by atoms with Gasteiger partial charge in [0.2, 0.25) is 0 Å². The number of nitrogens with two attached hydrogens (primary N) is 1. The van der Waals surface area contributed by atoms with E-state index in [9.17, 15) is 9.18 Å². The van der Waals surface area contributed by atoms with Crippen LogP contribution in [0.3, 0.4) is 0 Å². The van der Waals surface area contributed by atoms with Gasteiger partial charge in [0, 0.05) is 11.1 Å². The van der Waals surface area contributed by atoms with E-state index in [1.165, 1.54) is 12.1 Å². The Bertz CT molecular complexity index is 862. The summed E-state index contributed by atoms with van der Waals surface area (Å²) in [7, 11) is 0. The Morgan fingerprint density at radius 3 is 2.32 bits per heavy atom. The summed E-state index contributed by atoms with van der Waals surface area (Å²) in [4.78, 5) is 11.5. The third kappa shape index (κ3) is 4.02. The lowest BCUT2D eigenvalue weighted by molar-refractivity contribution is 0.0953. The predicted molar refractivity (Wildman–Crippen MR) is 94.3 cm³/mol. The number of nitrogen functional groups attached to an aromatic ring is 1. The highest BCUT2D eigenvalue weighted by Gasteiger charge is 2.08. The number of halogens is 1. The van der Waals surface area contributed by atoms with Crippen molar-refractivity contribution in [3.63, 3.8) is 0 Å². The molecule has 1 amide bonds. The zero-order valence-electron chi connectivity index (χ0n) is 13.4. The van der Waals surface area contributed by atoms with Gasteiger partial charge in [-0.1, -0.05) is 42.5 Å². The lowest BCUT2D eigenvalue weighted by atomic mass is 10.0. The monoisotopic (exact) mass is 336 g/mol. The van der Waals surface area contributed by atoms with Gasteiger partial charge in [-0.2, -0.15) is 0 Å². The number of carbonyl (C=O) groups excluding carboxylic acids is 1. The fourth-order valence-electron chi connectivity index (χ4n) is 2.46. The normalized spacial score (nSPS) is 10.3. The van der Waals surface area contributed by atoms with E-state index in [1.54, 1.807) is 24.3 Å². The Balaban J connectivity index is 1.80. The van der Waals surface area contributed by atoms with Crippen molar-refractivity contribution in [2.75, 3.05) is 0 Å². The summed E-state index contributed by atoms with van der Waals surface area (Å²) in [5.74, 6) is 5.24. The van der Waals surface area contributed by atoms with Gasteiger partial charge in [0.25, 0.3) is 5.91 Å². The number of nitrogens with one attached hydrogen (secondary N) is 1. The largest absolute Gasteiger partial charge is 0.488 e. The van der Waals surface area contributed by atoms with E-state index in [0.29, 0.717) is 17.9 Å². The van der Waals surface area contributed by atoms with Gasteiger partial charge in [-0.15, -0.1) is 0 Å². The average Bonchev–Trinajstić information content (AvgIpc) is 2.67. The molecule has 0 atom stereocenters. The van der Waals surface area contributed by atoms with Gasteiger partial charge < -0.3 is 4.74 Å². The molecule has 3 aromatic rings. The fourth-order valence-corrected chi connectivity index (χ4v) is 2.46. The third-order valence-corrected chi connectivity index (χ3v) is 3.78. The molecule has 0 saturated heterocycles. The van der Waals surface area contributed by atoms with E-state index in [0.717, 1.165) is 16.7 Å². The van der Waals surface area contributed by atoms with Crippen LogP contribution in [0, 0.1) is 5.82 Å². The maximum atomic E-state index is 13.0. The molecule has 25 heavy (non-hydrogen) atoms. The van der Waals surface area contributed by atoms with E-state index in [1.807, 2.05) is 36.4 Å². The Labute approximate surface area is 145 Å². The van der Waals surface area contributed by atoms with Gasteiger partial charge in [-0.25, -0.2) is 10.2 Å². The van der Waals surface area contributed by atoms with Crippen molar-refractivity contribution < 1.29 is 13.9 Å². The third-order valence-electron chi connectivity index (χ3n) is 3.78. The summed E-state index contributed by atoms with van der Waals surface area (Å²) in [6.07, 6.45) is 0. The van der Waals surface area contributed by atoms with Crippen LogP contribution in [0.2, 0.25) is 0 Å². The number of hydrazine groups is 1. The molecular weight excluding hydrogens is 319 g/mol. The van der Waals surface area contributed by atoms with Gasteiger partial charge in [0.1, 0.15) is 18.2 Å². The highest BCUT2D eigenvalue weighted by molar-refractivity contribution is 5.94. The maximum Gasteiger partial charge on any atom is 0.265 e. The first-order chi connectivity index (χ1) is 12.2. The van der Waals surface area contributed by atoms with E-state index in [2.05, 4.69) is 5.43 Å².